The van der Waals surface area contributed by atoms with Gasteiger partial charge < -0.3 is 38.3 Å². The van der Waals surface area contributed by atoms with Gasteiger partial charge in [-0.25, -0.2) is 0 Å². The third kappa shape index (κ3) is 22.9. The number of aliphatic carboxylic acids is 3. The van der Waals surface area contributed by atoms with Crippen molar-refractivity contribution in [1.82, 2.24) is 0 Å². The van der Waals surface area contributed by atoms with E-state index in [0.29, 0.717) is 0 Å². The van der Waals surface area contributed by atoms with E-state index in [4.69, 9.17) is 38.3 Å². The summed E-state index contributed by atoms with van der Waals surface area (Å²) in [5, 5.41) is 23.9. The number of hydrogen-bond donors (Lipinski definition) is 7. The van der Waals surface area contributed by atoms with Crippen LogP contribution in [0, 0.1) is 0 Å². The molecule has 0 radical (unpaired) electrons. The fourth-order valence-corrected chi connectivity index (χ4v) is 0.421. The Bertz CT molecular complexity index is 353. The number of rotatable bonds is 6. The molecule has 11 nitrogen and oxygen atoms in total. The summed E-state index contributed by atoms with van der Waals surface area (Å²) < 4.78 is 0. The van der Waals surface area contributed by atoms with Crippen molar-refractivity contribution in [2.45, 2.75) is 44.8 Å². The van der Waals surface area contributed by atoms with Gasteiger partial charge in [0.2, 0.25) is 5.91 Å². The van der Waals surface area contributed by atoms with E-state index in [1.54, 1.807) is 0 Å². The molecule has 0 aromatic heterocycles. The Hall–Kier alpha value is -2.24. The summed E-state index contributed by atoms with van der Waals surface area (Å²) in [6.07, 6.45) is -0.0191. The molecule has 11 N–H and O–H groups in total. The molecule has 0 saturated carbocycles. The van der Waals surface area contributed by atoms with Crippen molar-refractivity contribution in [2.24, 2.45) is 22.9 Å². The van der Waals surface area contributed by atoms with Crippen molar-refractivity contribution >= 4 is 23.8 Å². The maximum Gasteiger partial charge on any atom is 0.320 e. The largest absolute Gasteiger partial charge is 0.481 e. The van der Waals surface area contributed by atoms with Crippen molar-refractivity contribution in [3.63, 3.8) is 0 Å². The van der Waals surface area contributed by atoms with Gasteiger partial charge in [0.15, 0.2) is 0 Å². The number of primary amides is 1. The molecule has 0 rings (SSSR count). The van der Waals surface area contributed by atoms with Gasteiger partial charge in [0.25, 0.3) is 0 Å². The van der Waals surface area contributed by atoms with E-state index in [1.807, 2.05) is 0 Å². The number of carboxylic acids is 3. The lowest BCUT2D eigenvalue weighted by atomic mass is 10.1. The first-order chi connectivity index (χ1) is 9.82. The van der Waals surface area contributed by atoms with E-state index in [1.165, 1.54) is 13.8 Å². The van der Waals surface area contributed by atoms with E-state index in [0.717, 1.165) is 0 Å². The van der Waals surface area contributed by atoms with Crippen LogP contribution < -0.4 is 22.9 Å². The summed E-state index contributed by atoms with van der Waals surface area (Å²) in [6.45, 7) is 2.84. The number of carboxylic acid groups (broad SMARTS) is 3. The molecular weight excluding hydrogens is 300 g/mol. The summed E-state index contributed by atoms with van der Waals surface area (Å²) in [5.41, 5.74) is 19.6. The lowest BCUT2D eigenvalue weighted by molar-refractivity contribution is -0.139. The van der Waals surface area contributed by atoms with Crippen LogP contribution >= 0.6 is 0 Å². The van der Waals surface area contributed by atoms with Crippen LogP contribution in [0.1, 0.15) is 26.7 Å². The van der Waals surface area contributed by atoms with Crippen molar-refractivity contribution in [3.05, 3.63) is 0 Å². The molecule has 0 aromatic carbocycles. The van der Waals surface area contributed by atoms with Crippen molar-refractivity contribution in [3.8, 4) is 0 Å². The van der Waals surface area contributed by atoms with Gasteiger partial charge >= 0.3 is 17.9 Å². The number of carbonyl (C=O) groups is 4. The summed E-state index contributed by atoms with van der Waals surface area (Å²) in [6, 6.07) is -2.30. The molecule has 0 bridgehead atoms. The Balaban J connectivity index is -0.000000261. The first kappa shape index (κ1) is 24.8. The van der Waals surface area contributed by atoms with Gasteiger partial charge in [0.1, 0.15) is 12.1 Å². The highest BCUT2D eigenvalue weighted by Crippen LogP contribution is 1.92. The summed E-state index contributed by atoms with van der Waals surface area (Å²) >= 11 is 0. The first-order valence-electron chi connectivity index (χ1n) is 6.06. The lowest BCUT2D eigenvalue weighted by Gasteiger charge is -2.02. The second kappa shape index (κ2) is 13.7. The smallest absolute Gasteiger partial charge is 0.320 e. The summed E-state index contributed by atoms with van der Waals surface area (Å²) in [7, 11) is 0. The Kier molecular flexibility index (Phi) is 15.5. The topological polar surface area (TPSA) is 233 Å². The minimum atomic E-state index is -0.975. The molecule has 0 heterocycles. The average molecular weight is 324 g/mol. The molecular formula is C11H24N4O7. The minimum absolute atomic E-state index is 0.102. The highest BCUT2D eigenvalue weighted by Gasteiger charge is 2.10. The molecule has 0 saturated heterocycles. The molecule has 0 aliphatic heterocycles. The molecule has 0 aromatic rings. The summed E-state index contributed by atoms with van der Waals surface area (Å²) in [4.78, 5) is 39.3. The fourth-order valence-electron chi connectivity index (χ4n) is 0.421. The predicted molar refractivity (Wildman–Crippen MR) is 76.6 cm³/mol. The Morgan fingerprint density at radius 2 is 1.14 bits per heavy atom. The second-order valence-corrected chi connectivity index (χ2v) is 4.20. The van der Waals surface area contributed by atoms with E-state index >= 15 is 0 Å². The van der Waals surface area contributed by atoms with Crippen LogP contribution in [0.2, 0.25) is 0 Å². The maximum absolute atomic E-state index is 10.2. The molecule has 1 amide bonds. The van der Waals surface area contributed by atoms with Crippen molar-refractivity contribution in [1.29, 1.82) is 0 Å². The minimum Gasteiger partial charge on any atom is -0.481 e. The van der Waals surface area contributed by atoms with E-state index in [-0.39, 0.29) is 12.8 Å². The predicted octanol–water partition coefficient (Wildman–Crippen LogP) is -2.50. The third-order valence-electron chi connectivity index (χ3n) is 1.81. The van der Waals surface area contributed by atoms with Gasteiger partial charge in [-0.15, -0.1) is 0 Å². The van der Waals surface area contributed by atoms with Gasteiger partial charge in [-0.1, -0.05) is 0 Å². The van der Waals surface area contributed by atoms with E-state index in [2.05, 4.69) is 0 Å². The lowest BCUT2D eigenvalue weighted by Crippen LogP contribution is -2.36. The normalized spacial score (nSPS) is 13.1. The van der Waals surface area contributed by atoms with Gasteiger partial charge in [-0.2, -0.15) is 0 Å². The molecule has 0 aliphatic rings. The van der Waals surface area contributed by atoms with Gasteiger partial charge in [-0.3, -0.25) is 19.2 Å². The summed E-state index contributed by atoms with van der Waals surface area (Å²) in [5.74, 6) is -3.57. The van der Waals surface area contributed by atoms with Crippen LogP contribution in [-0.2, 0) is 19.2 Å². The highest BCUT2D eigenvalue weighted by atomic mass is 16.4. The van der Waals surface area contributed by atoms with Crippen LogP contribution in [-0.4, -0.2) is 57.3 Å². The number of nitrogens with two attached hydrogens (primary N) is 4. The zero-order valence-corrected chi connectivity index (χ0v) is 12.4. The number of carbonyl (C=O) groups excluding carboxylic acids is 1. The zero-order valence-electron chi connectivity index (χ0n) is 12.4. The van der Waals surface area contributed by atoms with Crippen LogP contribution in [0.4, 0.5) is 0 Å². The molecule has 11 heteroatoms. The molecule has 22 heavy (non-hydrogen) atoms. The van der Waals surface area contributed by atoms with Crippen molar-refractivity contribution in [2.75, 3.05) is 0 Å². The first-order valence-corrected chi connectivity index (χ1v) is 6.06. The Morgan fingerprint density at radius 3 is 1.27 bits per heavy atom. The van der Waals surface area contributed by atoms with Crippen molar-refractivity contribution < 1.29 is 34.5 Å². The fraction of sp³-hybridized carbons (Fsp3) is 0.636. The quantitative estimate of drug-likeness (QED) is 0.271. The number of amides is 1. The SMILES string of the molecule is C[C@H](N)C(=O)O.C[C@H](N)C(=O)O.NC(=O)[C@H](N)CCC(=O)O. The van der Waals surface area contributed by atoms with Gasteiger partial charge in [0, 0.05) is 6.42 Å². The molecule has 3 atom stereocenters. The van der Waals surface area contributed by atoms with Crippen LogP contribution in [0.15, 0.2) is 0 Å². The molecule has 0 unspecified atom stereocenters. The zero-order chi connectivity index (χ0) is 18.5. The number of hydrogen-bond acceptors (Lipinski definition) is 7. The molecule has 130 valence electrons. The molecule has 0 aliphatic carbocycles. The molecule has 0 fully saturated rings. The monoisotopic (exact) mass is 324 g/mol. The Morgan fingerprint density at radius 1 is 0.864 bits per heavy atom. The molecule has 0 spiro atoms. The Labute approximate surface area is 127 Å². The van der Waals surface area contributed by atoms with E-state index < -0.39 is 41.9 Å². The van der Waals surface area contributed by atoms with Gasteiger partial charge in [-0.05, 0) is 20.3 Å². The average Bonchev–Trinajstić information content (AvgIpc) is 2.36. The van der Waals surface area contributed by atoms with Crippen LogP contribution in [0.25, 0.3) is 0 Å². The second-order valence-electron chi connectivity index (χ2n) is 4.20. The van der Waals surface area contributed by atoms with E-state index in [9.17, 15) is 19.2 Å². The highest BCUT2D eigenvalue weighted by molar-refractivity contribution is 5.80. The maximum atomic E-state index is 10.2. The van der Waals surface area contributed by atoms with Gasteiger partial charge in [0.05, 0.1) is 6.04 Å². The standard InChI is InChI=1S/C5H10N2O3.2C3H7NO2/c6-3(5(7)10)1-2-4(8)9;2*1-2(4)3(5)6/h3H,1-2,6H2,(H2,7,10)(H,8,9);2*2H,4H2,1H3,(H,5,6)/t3-;2*2-/m100/s1. The van der Waals surface area contributed by atoms with Crippen LogP contribution in [0.3, 0.4) is 0 Å². The van der Waals surface area contributed by atoms with Crippen LogP contribution in [0.5, 0.6) is 0 Å². The third-order valence-corrected chi connectivity index (χ3v) is 1.81.